The first kappa shape index (κ1) is 14.0. The van der Waals surface area contributed by atoms with Crippen LogP contribution in [0.1, 0.15) is 31.2 Å². The molecule has 0 heterocycles. The van der Waals surface area contributed by atoms with Gasteiger partial charge in [0.1, 0.15) is 0 Å². The minimum absolute atomic E-state index is 0.0891. The maximum Gasteiger partial charge on any atom is 0.224 e. The van der Waals surface area contributed by atoms with Crippen molar-refractivity contribution in [1.82, 2.24) is 0 Å². The number of amides is 1. The molecule has 0 spiro atoms. The van der Waals surface area contributed by atoms with E-state index in [4.69, 9.17) is 16.7 Å². The molecule has 1 amide bonds. The number of nitrogens with two attached hydrogens (primary N) is 2. The highest BCUT2D eigenvalue weighted by atomic mass is 16.1. The summed E-state index contributed by atoms with van der Waals surface area (Å²) >= 11 is 0. The number of benzene rings is 1. The molecule has 1 aromatic carbocycles. The number of nitrogens with one attached hydrogen (secondary N) is 1. The van der Waals surface area contributed by atoms with E-state index in [1.54, 1.807) is 18.2 Å². The van der Waals surface area contributed by atoms with Crippen LogP contribution in [0.25, 0.3) is 0 Å². The molecule has 0 saturated carbocycles. The quantitative estimate of drug-likeness (QED) is 0.523. The zero-order valence-electron chi connectivity index (χ0n) is 10.3. The van der Waals surface area contributed by atoms with Crippen LogP contribution in [0.5, 0.6) is 0 Å². The van der Waals surface area contributed by atoms with Crippen LogP contribution in [0.2, 0.25) is 0 Å². The second kappa shape index (κ2) is 7.30. The third-order valence-electron chi connectivity index (χ3n) is 2.56. The molecule has 0 fully saturated rings. The molecule has 96 valence electrons. The lowest BCUT2D eigenvalue weighted by Crippen LogP contribution is -2.13. The number of nitrogen functional groups attached to an aromatic ring is 1. The molecule has 0 radical (unpaired) electrons. The van der Waals surface area contributed by atoms with Gasteiger partial charge in [-0.2, -0.15) is 5.26 Å². The zero-order chi connectivity index (χ0) is 13.4. The highest BCUT2D eigenvalue weighted by Gasteiger charge is 2.06. The van der Waals surface area contributed by atoms with E-state index in [0.29, 0.717) is 29.9 Å². The van der Waals surface area contributed by atoms with Crippen molar-refractivity contribution in [2.45, 2.75) is 25.7 Å². The molecule has 0 saturated heterocycles. The number of unbranched alkanes of at least 4 members (excludes halogenated alkanes) is 2. The van der Waals surface area contributed by atoms with Gasteiger partial charge in [0.2, 0.25) is 5.91 Å². The Morgan fingerprint density at radius 3 is 2.78 bits per heavy atom. The van der Waals surface area contributed by atoms with Crippen molar-refractivity contribution < 1.29 is 4.79 Å². The largest absolute Gasteiger partial charge is 0.397 e. The van der Waals surface area contributed by atoms with E-state index in [9.17, 15) is 4.79 Å². The predicted molar refractivity (Wildman–Crippen MR) is 71.7 cm³/mol. The molecular formula is C13H18N4O. The summed E-state index contributed by atoms with van der Waals surface area (Å²) in [6, 6.07) is 6.81. The summed E-state index contributed by atoms with van der Waals surface area (Å²) in [7, 11) is 0. The molecule has 18 heavy (non-hydrogen) atoms. The Kier molecular flexibility index (Phi) is 5.68. The lowest BCUT2D eigenvalue weighted by atomic mass is 10.1. The molecule has 0 aliphatic heterocycles. The van der Waals surface area contributed by atoms with E-state index in [1.807, 2.05) is 6.07 Å². The summed E-state index contributed by atoms with van der Waals surface area (Å²) in [5.74, 6) is -0.0891. The van der Waals surface area contributed by atoms with E-state index < -0.39 is 0 Å². The van der Waals surface area contributed by atoms with Crippen molar-refractivity contribution in [3.8, 4) is 6.07 Å². The smallest absolute Gasteiger partial charge is 0.224 e. The first-order chi connectivity index (χ1) is 8.67. The van der Waals surface area contributed by atoms with Gasteiger partial charge in [-0.15, -0.1) is 0 Å². The second-order valence-corrected chi connectivity index (χ2v) is 4.06. The molecule has 1 aromatic rings. The number of hydrogen-bond acceptors (Lipinski definition) is 4. The number of carbonyl (C=O) groups is 1. The highest BCUT2D eigenvalue weighted by Crippen LogP contribution is 2.20. The van der Waals surface area contributed by atoms with Gasteiger partial charge in [0.25, 0.3) is 0 Å². The van der Waals surface area contributed by atoms with Crippen LogP contribution in [0, 0.1) is 11.3 Å². The Labute approximate surface area is 107 Å². The Morgan fingerprint density at radius 2 is 2.11 bits per heavy atom. The zero-order valence-corrected chi connectivity index (χ0v) is 10.3. The average molecular weight is 246 g/mol. The van der Waals surface area contributed by atoms with Crippen molar-refractivity contribution in [3.05, 3.63) is 23.8 Å². The Bertz CT molecular complexity index is 451. The SMILES string of the molecule is N#Cc1ccc(N)c(NC(=O)CCCCCN)c1. The van der Waals surface area contributed by atoms with Gasteiger partial charge < -0.3 is 16.8 Å². The van der Waals surface area contributed by atoms with Gasteiger partial charge in [0, 0.05) is 6.42 Å². The van der Waals surface area contributed by atoms with E-state index >= 15 is 0 Å². The molecule has 0 aliphatic rings. The summed E-state index contributed by atoms with van der Waals surface area (Å²) < 4.78 is 0. The van der Waals surface area contributed by atoms with Crippen LogP contribution in [0.4, 0.5) is 11.4 Å². The molecule has 5 N–H and O–H groups in total. The van der Waals surface area contributed by atoms with Gasteiger partial charge in [0.05, 0.1) is 23.0 Å². The summed E-state index contributed by atoms with van der Waals surface area (Å²) in [5, 5.41) is 11.5. The van der Waals surface area contributed by atoms with Crippen LogP contribution in [0.3, 0.4) is 0 Å². The van der Waals surface area contributed by atoms with E-state index in [1.165, 1.54) is 0 Å². The Hall–Kier alpha value is -2.06. The van der Waals surface area contributed by atoms with Crippen molar-refractivity contribution in [2.75, 3.05) is 17.6 Å². The number of hydrogen-bond donors (Lipinski definition) is 3. The second-order valence-electron chi connectivity index (χ2n) is 4.06. The molecule has 0 unspecified atom stereocenters. The molecule has 5 nitrogen and oxygen atoms in total. The highest BCUT2D eigenvalue weighted by molar-refractivity contribution is 5.94. The molecule has 0 atom stereocenters. The number of carbonyl (C=O) groups excluding carboxylic acids is 1. The third-order valence-corrected chi connectivity index (χ3v) is 2.56. The fraction of sp³-hybridized carbons (Fsp3) is 0.385. The maximum absolute atomic E-state index is 11.6. The number of nitrogens with zero attached hydrogens (tertiary/aromatic N) is 1. The molecule has 1 rings (SSSR count). The molecular weight excluding hydrogens is 228 g/mol. The first-order valence-corrected chi connectivity index (χ1v) is 5.97. The Morgan fingerprint density at radius 1 is 1.33 bits per heavy atom. The molecule has 5 heteroatoms. The fourth-order valence-corrected chi connectivity index (χ4v) is 1.55. The first-order valence-electron chi connectivity index (χ1n) is 5.97. The minimum atomic E-state index is -0.0891. The Balaban J connectivity index is 2.51. The normalized spacial score (nSPS) is 9.78. The lowest BCUT2D eigenvalue weighted by Gasteiger charge is -2.08. The summed E-state index contributed by atoms with van der Waals surface area (Å²) in [4.78, 5) is 11.6. The van der Waals surface area contributed by atoms with E-state index in [2.05, 4.69) is 5.32 Å². The van der Waals surface area contributed by atoms with Crippen molar-refractivity contribution in [2.24, 2.45) is 5.73 Å². The predicted octanol–water partition coefficient (Wildman–Crippen LogP) is 1.60. The van der Waals surface area contributed by atoms with Gasteiger partial charge in [-0.05, 0) is 37.6 Å². The van der Waals surface area contributed by atoms with Crippen molar-refractivity contribution >= 4 is 17.3 Å². The number of nitriles is 1. The van der Waals surface area contributed by atoms with Gasteiger partial charge in [-0.1, -0.05) is 6.42 Å². The van der Waals surface area contributed by atoms with Crippen LogP contribution >= 0.6 is 0 Å². The van der Waals surface area contributed by atoms with Crippen molar-refractivity contribution in [1.29, 1.82) is 5.26 Å². The molecule has 0 bridgehead atoms. The van der Waals surface area contributed by atoms with Crippen molar-refractivity contribution in [3.63, 3.8) is 0 Å². The van der Waals surface area contributed by atoms with Gasteiger partial charge in [-0.3, -0.25) is 4.79 Å². The topological polar surface area (TPSA) is 105 Å². The number of rotatable bonds is 6. The maximum atomic E-state index is 11.6. The van der Waals surface area contributed by atoms with E-state index in [-0.39, 0.29) is 5.91 Å². The summed E-state index contributed by atoms with van der Waals surface area (Å²) in [5.41, 5.74) is 12.5. The minimum Gasteiger partial charge on any atom is -0.397 e. The van der Waals surface area contributed by atoms with Gasteiger partial charge in [-0.25, -0.2) is 0 Å². The standard InChI is InChI=1S/C13H18N4O/c14-7-3-1-2-4-13(18)17-12-8-10(9-15)5-6-11(12)16/h5-6,8H,1-4,7,14,16H2,(H,17,18). The summed E-state index contributed by atoms with van der Waals surface area (Å²) in [6.45, 7) is 0.652. The average Bonchev–Trinajstić information content (AvgIpc) is 2.37. The molecule has 0 aliphatic carbocycles. The number of anilines is 2. The third kappa shape index (κ3) is 4.44. The molecule has 0 aromatic heterocycles. The monoisotopic (exact) mass is 246 g/mol. The van der Waals surface area contributed by atoms with E-state index in [0.717, 1.165) is 19.3 Å². The van der Waals surface area contributed by atoms with Gasteiger partial charge in [0.15, 0.2) is 0 Å². The van der Waals surface area contributed by atoms with Crippen LogP contribution in [-0.4, -0.2) is 12.5 Å². The van der Waals surface area contributed by atoms with Crippen LogP contribution < -0.4 is 16.8 Å². The summed E-state index contributed by atoms with van der Waals surface area (Å²) in [6.07, 6.45) is 3.12. The fourth-order valence-electron chi connectivity index (χ4n) is 1.55. The lowest BCUT2D eigenvalue weighted by molar-refractivity contribution is -0.116. The van der Waals surface area contributed by atoms with Gasteiger partial charge >= 0.3 is 0 Å². The van der Waals surface area contributed by atoms with Crippen LogP contribution in [-0.2, 0) is 4.79 Å². The van der Waals surface area contributed by atoms with Crippen LogP contribution in [0.15, 0.2) is 18.2 Å².